The minimum atomic E-state index is -0.534. The summed E-state index contributed by atoms with van der Waals surface area (Å²) >= 11 is 0. The van der Waals surface area contributed by atoms with E-state index in [2.05, 4.69) is 38.7 Å². The second-order valence-corrected chi connectivity index (χ2v) is 6.49. The lowest BCUT2D eigenvalue weighted by Gasteiger charge is -2.56. The maximum Gasteiger partial charge on any atom is 0.178 e. The van der Waals surface area contributed by atoms with Gasteiger partial charge in [0.05, 0.1) is 12.0 Å². The van der Waals surface area contributed by atoms with Crippen molar-refractivity contribution in [1.82, 2.24) is 0 Å². The first-order chi connectivity index (χ1) is 8.97. The van der Waals surface area contributed by atoms with Gasteiger partial charge < -0.3 is 4.74 Å². The summed E-state index contributed by atoms with van der Waals surface area (Å²) in [4.78, 5) is 13.1. The van der Waals surface area contributed by atoms with E-state index in [1.165, 1.54) is 5.57 Å². The largest absolute Gasteiger partial charge is 0.360 e. The summed E-state index contributed by atoms with van der Waals surface area (Å²) in [5.74, 6) is 0.560. The predicted octanol–water partition coefficient (Wildman–Crippen LogP) is 3.45. The third-order valence-electron chi connectivity index (χ3n) is 5.53. The number of epoxide rings is 1. The molecule has 0 radical (unpaired) electrons. The number of ether oxygens (including phenoxy) is 1. The van der Waals surface area contributed by atoms with Crippen molar-refractivity contribution in [3.63, 3.8) is 0 Å². The highest BCUT2D eigenvalue weighted by Gasteiger charge is 2.75. The number of hydrogen-bond donors (Lipinski definition) is 0. The molecule has 102 valence electrons. The van der Waals surface area contributed by atoms with Crippen molar-refractivity contribution < 1.29 is 9.53 Å². The number of hydrogen-bond acceptors (Lipinski definition) is 2. The molecule has 2 heteroatoms. The fraction of sp³-hybridized carbons (Fsp3) is 0.588. The second-order valence-electron chi connectivity index (χ2n) is 6.49. The van der Waals surface area contributed by atoms with Gasteiger partial charge in [0, 0.05) is 5.41 Å². The zero-order valence-corrected chi connectivity index (χ0v) is 12.0. The Morgan fingerprint density at radius 1 is 1.58 bits per heavy atom. The van der Waals surface area contributed by atoms with Crippen LogP contribution in [0.25, 0.3) is 0 Å². The predicted molar refractivity (Wildman–Crippen MR) is 75.7 cm³/mol. The van der Waals surface area contributed by atoms with Crippen LogP contribution >= 0.6 is 0 Å². The molecule has 1 heterocycles. The third kappa shape index (κ3) is 1.28. The molecular formula is C17H22O2. The van der Waals surface area contributed by atoms with Crippen LogP contribution < -0.4 is 0 Å². The molecule has 4 aliphatic rings. The van der Waals surface area contributed by atoms with Gasteiger partial charge in [-0.05, 0) is 32.6 Å². The summed E-state index contributed by atoms with van der Waals surface area (Å²) in [6.07, 6.45) is 10.2. The molecule has 2 unspecified atom stereocenters. The highest BCUT2D eigenvalue weighted by molar-refractivity contribution is 6.01. The third-order valence-corrected chi connectivity index (χ3v) is 5.53. The number of fused-ring (bicyclic) bond motifs is 1. The molecule has 0 amide bonds. The molecule has 19 heavy (non-hydrogen) atoms. The van der Waals surface area contributed by atoms with E-state index in [1.54, 1.807) is 0 Å². The Bertz CT molecular complexity index is 509. The number of Topliss-reactive ketones (excluding diaryl/α,β-unsaturated/α-hetero) is 1. The summed E-state index contributed by atoms with van der Waals surface area (Å²) in [7, 11) is 0. The van der Waals surface area contributed by atoms with Gasteiger partial charge in [0.2, 0.25) is 0 Å². The quantitative estimate of drug-likeness (QED) is 0.573. The van der Waals surface area contributed by atoms with Crippen molar-refractivity contribution in [2.24, 2.45) is 16.7 Å². The monoisotopic (exact) mass is 258 g/mol. The van der Waals surface area contributed by atoms with Crippen LogP contribution in [-0.4, -0.2) is 18.0 Å². The minimum absolute atomic E-state index is 0.138. The topological polar surface area (TPSA) is 29.6 Å². The van der Waals surface area contributed by atoms with E-state index < -0.39 is 11.0 Å². The molecule has 2 bridgehead atoms. The molecule has 2 nitrogen and oxygen atoms in total. The van der Waals surface area contributed by atoms with Crippen molar-refractivity contribution in [3.8, 4) is 0 Å². The van der Waals surface area contributed by atoms with E-state index in [9.17, 15) is 4.79 Å². The lowest BCUT2D eigenvalue weighted by atomic mass is 9.45. The summed E-state index contributed by atoms with van der Waals surface area (Å²) in [6.45, 7) is 10.8. The van der Waals surface area contributed by atoms with Crippen LogP contribution in [0.15, 0.2) is 36.5 Å². The molecule has 0 N–H and O–H groups in total. The summed E-state index contributed by atoms with van der Waals surface area (Å²) < 4.78 is 5.68. The van der Waals surface area contributed by atoms with Gasteiger partial charge in [0.1, 0.15) is 0 Å². The zero-order chi connectivity index (χ0) is 13.9. The average molecular weight is 258 g/mol. The standard InChI is InChI=1S/C17H22O2/c1-5-7-13-10-15(4)9-12(3)16(13,8-6-2)14(18)17(15)11-19-17/h5-7,9,13H,2,8,10-11H2,1,3-4H3/b7-5+/t13?,15-,16+,17?/m1/s1. The first kappa shape index (κ1) is 12.9. The van der Waals surface area contributed by atoms with Gasteiger partial charge in [-0.3, -0.25) is 4.79 Å². The van der Waals surface area contributed by atoms with Crippen LogP contribution in [0.4, 0.5) is 0 Å². The van der Waals surface area contributed by atoms with Crippen LogP contribution in [0, 0.1) is 16.7 Å². The Labute approximate surface area is 115 Å². The first-order valence-electron chi connectivity index (χ1n) is 7.09. The highest BCUT2D eigenvalue weighted by Crippen LogP contribution is 2.67. The highest BCUT2D eigenvalue weighted by atomic mass is 16.6. The van der Waals surface area contributed by atoms with Crippen LogP contribution in [0.5, 0.6) is 0 Å². The van der Waals surface area contributed by atoms with Crippen molar-refractivity contribution >= 4 is 5.78 Å². The lowest BCUT2D eigenvalue weighted by molar-refractivity contribution is -0.147. The van der Waals surface area contributed by atoms with Gasteiger partial charge in [-0.15, -0.1) is 6.58 Å². The fourth-order valence-electron chi connectivity index (χ4n) is 4.47. The van der Waals surface area contributed by atoms with Crippen molar-refractivity contribution in [1.29, 1.82) is 0 Å². The van der Waals surface area contributed by atoms with Crippen LogP contribution in [0.2, 0.25) is 0 Å². The Balaban J connectivity index is 2.21. The van der Waals surface area contributed by atoms with Gasteiger partial charge in [-0.2, -0.15) is 0 Å². The lowest BCUT2D eigenvalue weighted by Crippen LogP contribution is -2.62. The van der Waals surface area contributed by atoms with Gasteiger partial charge >= 0.3 is 0 Å². The number of carbonyl (C=O) groups is 1. The molecule has 0 aromatic carbocycles. The van der Waals surface area contributed by atoms with Gasteiger partial charge in [-0.1, -0.05) is 36.8 Å². The Morgan fingerprint density at radius 2 is 2.26 bits per heavy atom. The minimum Gasteiger partial charge on any atom is -0.360 e. The first-order valence-corrected chi connectivity index (χ1v) is 7.09. The molecular weight excluding hydrogens is 236 g/mol. The molecule has 3 aliphatic carbocycles. The van der Waals surface area contributed by atoms with E-state index in [4.69, 9.17) is 4.74 Å². The van der Waals surface area contributed by atoms with E-state index in [-0.39, 0.29) is 17.1 Å². The molecule has 1 spiro atoms. The maximum atomic E-state index is 13.1. The maximum absolute atomic E-state index is 13.1. The zero-order valence-electron chi connectivity index (χ0n) is 12.0. The smallest absolute Gasteiger partial charge is 0.178 e. The van der Waals surface area contributed by atoms with Crippen LogP contribution in [-0.2, 0) is 9.53 Å². The van der Waals surface area contributed by atoms with Crippen LogP contribution in [0.3, 0.4) is 0 Å². The molecule has 0 aromatic rings. The van der Waals surface area contributed by atoms with Crippen molar-refractivity contribution in [2.75, 3.05) is 6.61 Å². The molecule has 1 aliphatic heterocycles. The number of allylic oxidation sites excluding steroid dienone is 4. The summed E-state index contributed by atoms with van der Waals surface area (Å²) in [6, 6.07) is 0. The van der Waals surface area contributed by atoms with E-state index in [1.807, 2.05) is 13.0 Å². The van der Waals surface area contributed by atoms with Crippen LogP contribution in [0.1, 0.15) is 33.6 Å². The SMILES string of the molecule is C=CC[C@]12C(=O)C3(CO3)[C@](C)(C=C1C)CC2/C=C/C. The normalized spacial score (nSPS) is 47.8. The fourth-order valence-corrected chi connectivity index (χ4v) is 4.47. The molecule has 1 saturated heterocycles. The molecule has 2 fully saturated rings. The van der Waals surface area contributed by atoms with E-state index >= 15 is 0 Å². The second kappa shape index (κ2) is 3.69. The molecule has 4 rings (SSSR count). The molecule has 0 aromatic heterocycles. The average Bonchev–Trinajstić information content (AvgIpc) is 3.13. The van der Waals surface area contributed by atoms with Gasteiger partial charge in [0.25, 0.3) is 0 Å². The molecule has 4 atom stereocenters. The number of ketones is 1. The Morgan fingerprint density at radius 3 is 2.79 bits per heavy atom. The Hall–Kier alpha value is -1.15. The molecule has 1 saturated carbocycles. The van der Waals surface area contributed by atoms with E-state index in [0.29, 0.717) is 13.0 Å². The van der Waals surface area contributed by atoms with Gasteiger partial charge in [0.15, 0.2) is 11.4 Å². The summed E-state index contributed by atoms with van der Waals surface area (Å²) in [5, 5.41) is 0. The Kier molecular flexibility index (Phi) is 2.50. The van der Waals surface area contributed by atoms with E-state index in [0.717, 1.165) is 6.42 Å². The summed E-state index contributed by atoms with van der Waals surface area (Å²) in [5.41, 5.74) is 0.118. The number of rotatable bonds is 3. The van der Waals surface area contributed by atoms with Gasteiger partial charge in [-0.25, -0.2) is 0 Å². The number of carbonyl (C=O) groups excluding carboxylic acids is 1. The van der Waals surface area contributed by atoms with Crippen molar-refractivity contribution in [3.05, 3.63) is 36.5 Å². The van der Waals surface area contributed by atoms with Crippen molar-refractivity contribution in [2.45, 2.75) is 39.2 Å².